The molecular weight excluding hydrogens is 983 g/mol. The number of carbonyl (C=O) groups is 2. The Bertz CT molecular complexity index is 1380. The van der Waals surface area contributed by atoms with E-state index in [0.29, 0.717) is 19.4 Å². The molecule has 0 aromatic carbocycles. The van der Waals surface area contributed by atoms with E-state index >= 15 is 0 Å². The first kappa shape index (κ1) is 77.6. The van der Waals surface area contributed by atoms with E-state index in [9.17, 15) is 19.8 Å². The first-order valence-corrected chi connectivity index (χ1v) is 35.6. The van der Waals surface area contributed by atoms with Gasteiger partial charge in [-0.3, -0.25) is 9.59 Å². The van der Waals surface area contributed by atoms with Crippen LogP contribution in [0, 0.1) is 0 Å². The average molecular weight is 1120 g/mol. The molecule has 1 amide bonds. The van der Waals surface area contributed by atoms with Gasteiger partial charge in [-0.2, -0.15) is 0 Å². The Labute approximate surface area is 499 Å². The molecule has 80 heavy (non-hydrogen) atoms. The van der Waals surface area contributed by atoms with Gasteiger partial charge in [-0.1, -0.05) is 325 Å². The molecular formula is C74H137NO5. The number of hydrogen-bond donors (Lipinski definition) is 3. The summed E-state index contributed by atoms with van der Waals surface area (Å²) in [6, 6.07) is -0.632. The topological polar surface area (TPSA) is 95.9 Å². The number of aliphatic hydroxyl groups excluding tert-OH is 2. The first-order valence-electron chi connectivity index (χ1n) is 35.6. The molecule has 0 saturated heterocycles. The third-order valence-corrected chi connectivity index (χ3v) is 16.3. The van der Waals surface area contributed by atoms with Gasteiger partial charge in [0.2, 0.25) is 5.91 Å². The van der Waals surface area contributed by atoms with E-state index in [1.54, 1.807) is 6.08 Å². The maximum Gasteiger partial charge on any atom is 0.305 e. The van der Waals surface area contributed by atoms with E-state index in [-0.39, 0.29) is 18.5 Å². The highest BCUT2D eigenvalue weighted by atomic mass is 16.5. The molecule has 6 heteroatoms. The van der Waals surface area contributed by atoms with Crippen molar-refractivity contribution in [2.24, 2.45) is 0 Å². The normalized spacial score (nSPS) is 12.9. The van der Waals surface area contributed by atoms with E-state index < -0.39 is 12.1 Å². The molecule has 2 unspecified atom stereocenters. The Morgan fingerprint density at radius 1 is 0.350 bits per heavy atom. The Morgan fingerprint density at radius 3 is 0.975 bits per heavy atom. The first-order chi connectivity index (χ1) is 39.5. The highest BCUT2D eigenvalue weighted by Gasteiger charge is 2.18. The minimum absolute atomic E-state index is 0.00640. The molecule has 0 fully saturated rings. The molecule has 0 rings (SSSR count). The highest BCUT2D eigenvalue weighted by Crippen LogP contribution is 2.18. The Kier molecular flexibility index (Phi) is 66.9. The van der Waals surface area contributed by atoms with Gasteiger partial charge in [-0.05, 0) is 96.3 Å². The number of aliphatic hydroxyl groups is 2. The fraction of sp³-hybridized carbons (Fsp3) is 0.838. The molecule has 0 aliphatic carbocycles. The zero-order chi connectivity index (χ0) is 57.8. The van der Waals surface area contributed by atoms with Gasteiger partial charge in [0.05, 0.1) is 25.4 Å². The summed E-state index contributed by atoms with van der Waals surface area (Å²) >= 11 is 0. The predicted octanol–water partition coefficient (Wildman–Crippen LogP) is 23.0. The summed E-state index contributed by atoms with van der Waals surface area (Å²) in [5.41, 5.74) is 0. The number of ether oxygens (including phenoxy) is 1. The van der Waals surface area contributed by atoms with E-state index in [0.717, 1.165) is 57.8 Å². The SMILES string of the molecule is CCCCC/C=C\C/C=C\CCCCCCCCCCCC(=O)OCCCCCCCCCCC/C=C\C/C=C\CCCCCCCCCCCCCC(=O)NC(CO)C(O)/C=C/CCCCCCCCCCCCCCCCC. The number of unbranched alkanes of at least 4 members (excludes halogenated alkanes) is 47. The quantitative estimate of drug-likeness (QED) is 0.0320. The van der Waals surface area contributed by atoms with Crippen LogP contribution in [0.25, 0.3) is 0 Å². The molecule has 0 heterocycles. The Balaban J connectivity index is 3.43. The van der Waals surface area contributed by atoms with Gasteiger partial charge in [0.25, 0.3) is 0 Å². The van der Waals surface area contributed by atoms with Crippen LogP contribution in [0.4, 0.5) is 0 Å². The van der Waals surface area contributed by atoms with Crippen molar-refractivity contribution in [3.8, 4) is 0 Å². The van der Waals surface area contributed by atoms with Crippen molar-refractivity contribution in [1.82, 2.24) is 5.32 Å². The number of hydrogen-bond acceptors (Lipinski definition) is 5. The molecule has 0 spiro atoms. The van der Waals surface area contributed by atoms with Crippen LogP contribution in [0.3, 0.4) is 0 Å². The second kappa shape index (κ2) is 69.1. The summed E-state index contributed by atoms with van der Waals surface area (Å²) in [5.74, 6) is -0.0630. The number of amides is 1. The second-order valence-corrected chi connectivity index (χ2v) is 24.2. The molecule has 468 valence electrons. The standard InChI is InChI=1S/C74H137NO5/c1-3-5-7-9-11-13-15-17-19-21-31-36-40-44-48-52-56-60-64-68-74(79)80-69-65-61-57-53-49-45-41-37-33-30-28-26-24-22-23-25-27-29-32-35-39-43-47-51-55-59-63-67-73(78)75-71(70-76)72(77)66-62-58-54-50-46-42-38-34-20-18-16-14-12-10-8-6-4-2/h11,13,17,19,22-23,26,28,62,66,71-72,76-77H,3-10,12,14-16,18,20-21,24-25,27,29-61,63-65,67-70H2,1-2H3,(H,75,78)/b13-11-,19-17-,23-22-,28-26-,66-62+. The molecule has 0 aromatic heterocycles. The Hall–Kier alpha value is -2.44. The minimum Gasteiger partial charge on any atom is -0.466 e. The number of rotatable bonds is 66. The van der Waals surface area contributed by atoms with Crippen molar-refractivity contribution in [3.05, 3.63) is 60.8 Å². The zero-order valence-electron chi connectivity index (χ0n) is 53.6. The summed E-state index contributed by atoms with van der Waals surface area (Å²) in [7, 11) is 0. The van der Waals surface area contributed by atoms with Crippen LogP contribution in [0.5, 0.6) is 0 Å². The van der Waals surface area contributed by atoms with Crippen LogP contribution in [-0.4, -0.2) is 47.4 Å². The zero-order valence-corrected chi connectivity index (χ0v) is 53.6. The van der Waals surface area contributed by atoms with Crippen LogP contribution in [0.1, 0.15) is 373 Å². The summed E-state index contributed by atoms with van der Waals surface area (Å²) in [6.45, 7) is 4.90. The van der Waals surface area contributed by atoms with Crippen LogP contribution >= 0.6 is 0 Å². The molecule has 0 saturated carbocycles. The molecule has 0 radical (unpaired) electrons. The monoisotopic (exact) mass is 1120 g/mol. The second-order valence-electron chi connectivity index (χ2n) is 24.2. The van der Waals surface area contributed by atoms with Crippen LogP contribution < -0.4 is 5.32 Å². The van der Waals surface area contributed by atoms with Gasteiger partial charge in [0, 0.05) is 12.8 Å². The lowest BCUT2D eigenvalue weighted by atomic mass is 10.0. The summed E-state index contributed by atoms with van der Waals surface area (Å²) in [5, 5.41) is 23.2. The van der Waals surface area contributed by atoms with Gasteiger partial charge < -0.3 is 20.3 Å². The number of esters is 1. The van der Waals surface area contributed by atoms with Gasteiger partial charge in [-0.15, -0.1) is 0 Å². The Morgan fingerprint density at radius 2 is 0.625 bits per heavy atom. The fourth-order valence-electron chi connectivity index (χ4n) is 10.8. The van der Waals surface area contributed by atoms with Crippen LogP contribution in [-0.2, 0) is 14.3 Å². The summed E-state index contributed by atoms with van der Waals surface area (Å²) in [4.78, 5) is 24.6. The molecule has 0 bridgehead atoms. The molecule has 0 aliphatic heterocycles. The van der Waals surface area contributed by atoms with Crippen LogP contribution in [0.2, 0.25) is 0 Å². The maximum atomic E-state index is 12.5. The lowest BCUT2D eigenvalue weighted by Crippen LogP contribution is -2.45. The third kappa shape index (κ3) is 64.7. The molecule has 2 atom stereocenters. The lowest BCUT2D eigenvalue weighted by Gasteiger charge is -2.20. The van der Waals surface area contributed by atoms with Gasteiger partial charge in [-0.25, -0.2) is 0 Å². The van der Waals surface area contributed by atoms with E-state index in [4.69, 9.17) is 4.74 Å². The number of carbonyl (C=O) groups excluding carboxylic acids is 2. The van der Waals surface area contributed by atoms with E-state index in [2.05, 4.69) is 67.8 Å². The maximum absolute atomic E-state index is 12.5. The summed E-state index contributed by atoms with van der Waals surface area (Å²) < 4.78 is 5.50. The van der Waals surface area contributed by atoms with Crippen molar-refractivity contribution in [1.29, 1.82) is 0 Å². The van der Waals surface area contributed by atoms with Crippen LogP contribution in [0.15, 0.2) is 60.8 Å². The van der Waals surface area contributed by atoms with Gasteiger partial charge in [0.1, 0.15) is 0 Å². The van der Waals surface area contributed by atoms with Crippen molar-refractivity contribution in [3.63, 3.8) is 0 Å². The smallest absolute Gasteiger partial charge is 0.305 e. The largest absolute Gasteiger partial charge is 0.466 e. The predicted molar refractivity (Wildman–Crippen MR) is 352 cm³/mol. The average Bonchev–Trinajstić information content (AvgIpc) is 3.46. The molecule has 3 N–H and O–H groups in total. The van der Waals surface area contributed by atoms with Crippen molar-refractivity contribution in [2.75, 3.05) is 13.2 Å². The minimum atomic E-state index is -0.848. The van der Waals surface area contributed by atoms with Crippen molar-refractivity contribution in [2.45, 2.75) is 386 Å². The number of allylic oxidation sites excluding steroid dienone is 9. The summed E-state index contributed by atoms with van der Waals surface area (Å²) in [6.07, 6.45) is 91.5. The molecule has 0 aromatic rings. The van der Waals surface area contributed by atoms with Crippen molar-refractivity contribution < 1.29 is 24.5 Å². The highest BCUT2D eigenvalue weighted by molar-refractivity contribution is 5.76. The molecule has 6 nitrogen and oxygen atoms in total. The van der Waals surface area contributed by atoms with Gasteiger partial charge >= 0.3 is 5.97 Å². The fourth-order valence-corrected chi connectivity index (χ4v) is 10.8. The van der Waals surface area contributed by atoms with Gasteiger partial charge in [0.15, 0.2) is 0 Å². The third-order valence-electron chi connectivity index (χ3n) is 16.3. The lowest BCUT2D eigenvalue weighted by molar-refractivity contribution is -0.143. The van der Waals surface area contributed by atoms with E-state index in [1.807, 2.05) is 6.08 Å². The van der Waals surface area contributed by atoms with E-state index in [1.165, 1.54) is 289 Å². The number of nitrogens with one attached hydrogen (secondary N) is 1. The van der Waals surface area contributed by atoms with Crippen molar-refractivity contribution >= 4 is 11.9 Å². The molecule has 0 aliphatic rings.